The second-order valence-electron chi connectivity index (χ2n) is 24.8. The SMILES string of the molecule is C#C/C=C\C#C[Si](C(C)C)(C(C)C)C(C)C.C#C[Si](C(C)C)(C(C)C)C(C)C.C#C[Si](C)(C)C.CC(C)[Si](C#C/C=C\C#C[Si](C)(C)C)(C(C)C)C(C)C.CC(C)[Si](C#C/C=C\Cl)(C(C)C)C(C)C.Cl/C=C\Cl. The van der Waals surface area contributed by atoms with Gasteiger partial charge in [0.25, 0.3) is 0 Å². The van der Waals surface area contributed by atoms with Crippen LogP contribution in [0.2, 0.25) is 106 Å². The first-order chi connectivity index (χ1) is 33.2. The molecule has 0 spiro atoms. The standard InChI is InChI=1S/C18H32Si2.C15H24Si.C13H23ClSi.C11H22Si.C5H10Si.C2H2Cl2/c1-16(2)20(17(3)4,18(5)6)15-13-11-10-12-14-19(7,8)9;1-8-9-10-11-12-16(13(2)3,14(4)5)15(6)7;1-11(2)15(12(3)4,13(5)6)10-8-7-9-14;1-8-12(9(2)3,10(4)5)11(6)7;1-5-6(2,3)4;3-1-2-4/h10-11,16-18H,1-9H3;1,9-10,13-15H,2-7H3;7,9,11-13H,1-6H3;1,9-11H,2-7H3;1H,2-4H3;1-2H/b11-10-;10-9-;9-7-;;;2-1-. The lowest BCUT2D eigenvalue weighted by Gasteiger charge is -2.37. The summed E-state index contributed by atoms with van der Waals surface area (Å²) in [5, 5.41) is 0. The third kappa shape index (κ3) is 31.8. The van der Waals surface area contributed by atoms with Crippen LogP contribution in [-0.4, -0.2) is 48.4 Å². The number of hydrogen-bond acceptors (Lipinski definition) is 0. The normalized spacial score (nSPS) is 12.1. The molecular formula is C64H113Cl3Si6. The molecule has 0 heterocycles. The second kappa shape index (κ2) is 42.1. The molecule has 0 nitrogen and oxygen atoms in total. The predicted octanol–water partition coefficient (Wildman–Crippen LogP) is 22.3. The second-order valence-corrected chi connectivity index (χ2v) is 57.5. The van der Waals surface area contributed by atoms with Crippen molar-refractivity contribution >= 4 is 83.2 Å². The highest BCUT2D eigenvalue weighted by Crippen LogP contribution is 2.43. The van der Waals surface area contributed by atoms with Crippen LogP contribution in [0, 0.1) is 82.1 Å². The largest absolute Gasteiger partial charge is 0.146 e. The molecule has 0 saturated heterocycles. The van der Waals surface area contributed by atoms with Crippen molar-refractivity contribution in [2.24, 2.45) is 0 Å². The summed E-state index contributed by atoms with van der Waals surface area (Å²) in [7, 11) is -8.51. The van der Waals surface area contributed by atoms with Crippen LogP contribution in [0.25, 0.3) is 0 Å². The van der Waals surface area contributed by atoms with Crippen LogP contribution in [0.15, 0.2) is 47.0 Å². The molecule has 0 aliphatic carbocycles. The fourth-order valence-electron chi connectivity index (χ4n) is 10.8. The third-order valence-electron chi connectivity index (χ3n) is 14.2. The maximum Gasteiger partial charge on any atom is 0.146 e. The molecule has 73 heavy (non-hydrogen) atoms. The molecule has 0 atom stereocenters. The van der Waals surface area contributed by atoms with Gasteiger partial charge in [0.2, 0.25) is 0 Å². The van der Waals surface area contributed by atoms with Gasteiger partial charge in [-0.3, -0.25) is 0 Å². The molecule has 0 amide bonds. The van der Waals surface area contributed by atoms with Gasteiger partial charge >= 0.3 is 0 Å². The van der Waals surface area contributed by atoms with Gasteiger partial charge in [-0.25, -0.2) is 0 Å². The Morgan fingerprint density at radius 3 is 0.616 bits per heavy atom. The van der Waals surface area contributed by atoms with Gasteiger partial charge in [0.15, 0.2) is 0 Å². The van der Waals surface area contributed by atoms with E-state index in [0.717, 1.165) is 0 Å². The quantitative estimate of drug-likeness (QED) is 0.135. The van der Waals surface area contributed by atoms with Crippen molar-refractivity contribution in [2.45, 2.75) is 272 Å². The summed E-state index contributed by atoms with van der Waals surface area (Å²) in [5.41, 5.74) is 32.3. The first kappa shape index (κ1) is 82.4. The fourth-order valence-corrected chi connectivity index (χ4v) is 31.9. The topological polar surface area (TPSA) is 0 Å². The predicted molar refractivity (Wildman–Crippen MR) is 363 cm³/mol. The molecule has 0 aromatic carbocycles. The van der Waals surface area contributed by atoms with Crippen LogP contribution in [0.1, 0.15) is 166 Å². The van der Waals surface area contributed by atoms with Crippen LogP contribution >= 0.6 is 34.8 Å². The molecule has 0 aromatic heterocycles. The molecule has 0 aliphatic rings. The van der Waals surface area contributed by atoms with Gasteiger partial charge < -0.3 is 0 Å². The van der Waals surface area contributed by atoms with Gasteiger partial charge in [0, 0.05) is 16.6 Å². The van der Waals surface area contributed by atoms with E-state index in [0.29, 0.717) is 66.5 Å². The molecule has 9 heteroatoms. The lowest BCUT2D eigenvalue weighted by atomic mass is 10.5. The zero-order valence-electron chi connectivity index (χ0n) is 52.9. The van der Waals surface area contributed by atoms with E-state index in [1.165, 1.54) is 16.6 Å². The number of allylic oxidation sites excluding steroid dienone is 5. The number of rotatable bonds is 12. The van der Waals surface area contributed by atoms with E-state index < -0.39 is 48.4 Å². The minimum atomic E-state index is -1.58. The van der Waals surface area contributed by atoms with E-state index in [2.05, 4.69) is 268 Å². The summed E-state index contributed by atoms with van der Waals surface area (Å²) in [4.78, 5) is 0. The van der Waals surface area contributed by atoms with Crippen molar-refractivity contribution in [1.29, 1.82) is 0 Å². The van der Waals surface area contributed by atoms with Crippen LogP contribution in [0.3, 0.4) is 0 Å². The number of terminal acetylenes is 3. The molecular weight excluding hydrogens is 1040 g/mol. The van der Waals surface area contributed by atoms with E-state index in [1.807, 2.05) is 12.2 Å². The van der Waals surface area contributed by atoms with Gasteiger partial charge in [-0.1, -0.05) is 270 Å². The Hall–Kier alpha value is -1.95. The van der Waals surface area contributed by atoms with Crippen LogP contribution in [0.4, 0.5) is 0 Å². The summed E-state index contributed by atoms with van der Waals surface area (Å²) in [5.74, 6) is 15.2. The third-order valence-corrected chi connectivity index (χ3v) is 41.6. The van der Waals surface area contributed by atoms with Gasteiger partial charge in [0.05, 0.1) is 0 Å². The molecule has 0 fully saturated rings. The van der Waals surface area contributed by atoms with Gasteiger partial charge in [-0.2, -0.15) is 0 Å². The molecule has 0 radical (unpaired) electrons. The van der Waals surface area contributed by atoms with Crippen molar-refractivity contribution in [1.82, 2.24) is 0 Å². The Labute approximate surface area is 480 Å². The zero-order chi connectivity index (χ0) is 59.4. The van der Waals surface area contributed by atoms with Crippen LogP contribution in [-0.2, 0) is 0 Å². The Kier molecular flexibility index (Phi) is 47.5. The van der Waals surface area contributed by atoms with Gasteiger partial charge in [-0.05, 0) is 96.9 Å². The maximum atomic E-state index is 5.72. The molecule has 0 N–H and O–H groups in total. The molecule has 414 valence electrons. The number of halogens is 3. The summed E-state index contributed by atoms with van der Waals surface area (Å²) in [6.45, 7) is 68.7. The fraction of sp³-hybridized carbons (Fsp3) is 0.656. The van der Waals surface area contributed by atoms with Crippen molar-refractivity contribution < 1.29 is 0 Å². The molecule has 0 unspecified atom stereocenters. The van der Waals surface area contributed by atoms with E-state index >= 15 is 0 Å². The lowest BCUT2D eigenvalue weighted by molar-refractivity contribution is 0.838. The Morgan fingerprint density at radius 1 is 0.274 bits per heavy atom. The average molecular weight is 1160 g/mol. The van der Waals surface area contributed by atoms with E-state index in [1.54, 1.807) is 18.2 Å². The molecule has 0 saturated carbocycles. The van der Waals surface area contributed by atoms with E-state index in [4.69, 9.17) is 54.1 Å². The molecule has 0 aliphatic heterocycles. The lowest BCUT2D eigenvalue weighted by Crippen LogP contribution is -2.43. The highest BCUT2D eigenvalue weighted by molar-refractivity contribution is 6.92. The first-order valence-corrected chi connectivity index (χ1v) is 44.4. The Balaban J connectivity index is -0.000000195. The summed E-state index contributed by atoms with van der Waals surface area (Å²) in [6.07, 6.45) is 25.1. The van der Waals surface area contributed by atoms with Crippen molar-refractivity contribution in [3.05, 3.63) is 47.0 Å². The molecule has 0 aromatic rings. The Morgan fingerprint density at radius 2 is 0.479 bits per heavy atom. The van der Waals surface area contributed by atoms with Crippen molar-refractivity contribution in [2.75, 3.05) is 0 Å². The summed E-state index contributed by atoms with van der Waals surface area (Å²) >= 11 is 15.2. The molecule has 0 rings (SSSR count). The minimum Gasteiger partial charge on any atom is -0.135 e. The maximum absolute atomic E-state index is 5.72. The summed E-state index contributed by atoms with van der Waals surface area (Å²) in [6, 6.07) is 0. The Bertz CT molecular complexity index is 1900. The highest BCUT2D eigenvalue weighted by atomic mass is 35.5. The monoisotopic (exact) mass is 1150 g/mol. The van der Waals surface area contributed by atoms with Crippen LogP contribution in [0.5, 0.6) is 0 Å². The smallest absolute Gasteiger partial charge is 0.135 e. The van der Waals surface area contributed by atoms with E-state index in [-0.39, 0.29) is 0 Å². The van der Waals surface area contributed by atoms with Gasteiger partial charge in [0.1, 0.15) is 48.4 Å². The minimum absolute atomic E-state index is 0.680. The van der Waals surface area contributed by atoms with E-state index in [9.17, 15) is 0 Å². The average Bonchev–Trinajstić information content (AvgIpc) is 3.24. The zero-order valence-corrected chi connectivity index (χ0v) is 61.2. The molecule has 0 bridgehead atoms. The van der Waals surface area contributed by atoms with Crippen LogP contribution < -0.4 is 0 Å². The first-order valence-electron chi connectivity index (χ1n) is 27.1. The van der Waals surface area contributed by atoms with Gasteiger partial charge in [-0.15, -0.1) is 52.5 Å². The van der Waals surface area contributed by atoms with Crippen molar-refractivity contribution in [3.63, 3.8) is 0 Å². The number of hydrogen-bond donors (Lipinski definition) is 0. The summed E-state index contributed by atoms with van der Waals surface area (Å²) < 4.78 is 0. The highest BCUT2D eigenvalue weighted by Gasteiger charge is 2.44. The van der Waals surface area contributed by atoms with Crippen molar-refractivity contribution in [3.8, 4) is 82.1 Å².